The van der Waals surface area contributed by atoms with E-state index in [4.69, 9.17) is 5.26 Å². The fourth-order valence-electron chi connectivity index (χ4n) is 1.04. The van der Waals surface area contributed by atoms with Crippen LogP contribution in [0.4, 0.5) is 0 Å². The van der Waals surface area contributed by atoms with Crippen molar-refractivity contribution in [1.29, 1.82) is 5.26 Å². The molecule has 15 heavy (non-hydrogen) atoms. The van der Waals surface area contributed by atoms with Crippen LogP contribution in [0.25, 0.3) is 0 Å². The zero-order valence-electron chi connectivity index (χ0n) is 8.19. The molecule has 1 rings (SSSR count). The van der Waals surface area contributed by atoms with Crippen molar-refractivity contribution in [3.8, 4) is 6.07 Å². The average molecular weight is 203 g/mol. The van der Waals surface area contributed by atoms with Crippen LogP contribution in [-0.2, 0) is 9.53 Å². The van der Waals surface area contributed by atoms with Gasteiger partial charge in [0.2, 0.25) is 0 Å². The highest BCUT2D eigenvalue weighted by molar-refractivity contribution is 6.40. The van der Waals surface area contributed by atoms with E-state index in [0.717, 1.165) is 0 Å². The largest absolute Gasteiger partial charge is 0.460 e. The lowest BCUT2D eigenvalue weighted by Gasteiger charge is -2.00. The van der Waals surface area contributed by atoms with Crippen LogP contribution in [0.1, 0.15) is 22.8 Å². The highest BCUT2D eigenvalue weighted by Gasteiger charge is 2.17. The summed E-state index contributed by atoms with van der Waals surface area (Å²) >= 11 is 0. The van der Waals surface area contributed by atoms with Gasteiger partial charge < -0.3 is 4.74 Å². The molecule has 4 nitrogen and oxygen atoms in total. The van der Waals surface area contributed by atoms with Crippen molar-refractivity contribution in [2.24, 2.45) is 0 Å². The minimum atomic E-state index is -0.896. The van der Waals surface area contributed by atoms with Gasteiger partial charge in [0.25, 0.3) is 5.78 Å². The number of benzene rings is 1. The monoisotopic (exact) mass is 203 g/mol. The molecule has 76 valence electrons. The van der Waals surface area contributed by atoms with Crippen LogP contribution in [-0.4, -0.2) is 18.4 Å². The third-order valence-corrected chi connectivity index (χ3v) is 1.71. The molecule has 1 aromatic carbocycles. The van der Waals surface area contributed by atoms with Crippen molar-refractivity contribution in [3.05, 3.63) is 35.4 Å². The van der Waals surface area contributed by atoms with Gasteiger partial charge in [0.05, 0.1) is 18.2 Å². The minimum Gasteiger partial charge on any atom is -0.460 e. The quantitative estimate of drug-likeness (QED) is 0.422. The smallest absolute Gasteiger partial charge is 0.379 e. The molecule has 0 aromatic heterocycles. The van der Waals surface area contributed by atoms with E-state index in [0.29, 0.717) is 5.56 Å². The van der Waals surface area contributed by atoms with Crippen LogP contribution in [0.5, 0.6) is 0 Å². The number of Topliss-reactive ketones (excluding diaryl/α,β-unsaturated/α-hetero) is 1. The normalized spacial score (nSPS) is 9.07. The zero-order valence-corrected chi connectivity index (χ0v) is 8.19. The molecule has 0 bridgehead atoms. The lowest BCUT2D eigenvalue weighted by molar-refractivity contribution is -0.137. The maximum absolute atomic E-state index is 11.4. The van der Waals surface area contributed by atoms with E-state index in [2.05, 4.69) is 4.74 Å². The Bertz CT molecular complexity index is 432. The molecule has 0 radical (unpaired) electrons. The van der Waals surface area contributed by atoms with E-state index in [-0.39, 0.29) is 12.2 Å². The Morgan fingerprint density at radius 3 is 2.80 bits per heavy atom. The first-order valence-corrected chi connectivity index (χ1v) is 4.40. The lowest BCUT2D eigenvalue weighted by atomic mass is 10.1. The molecule has 0 aliphatic heterocycles. The SMILES string of the molecule is CCOC(=O)C(=O)c1cccc(C#N)c1. The van der Waals surface area contributed by atoms with Crippen LogP contribution < -0.4 is 0 Å². The number of hydrogen-bond donors (Lipinski definition) is 0. The number of carbonyl (C=O) groups is 2. The minimum absolute atomic E-state index is 0.155. The molecule has 0 atom stereocenters. The second-order valence-electron chi connectivity index (χ2n) is 2.74. The second kappa shape index (κ2) is 4.91. The van der Waals surface area contributed by atoms with Gasteiger partial charge in [-0.05, 0) is 19.1 Å². The van der Waals surface area contributed by atoms with Crippen LogP contribution in [0, 0.1) is 11.3 Å². The first kappa shape index (κ1) is 10.9. The number of hydrogen-bond acceptors (Lipinski definition) is 4. The van der Waals surface area contributed by atoms with Crippen LogP contribution >= 0.6 is 0 Å². The van der Waals surface area contributed by atoms with Gasteiger partial charge in [-0.25, -0.2) is 4.79 Å². The Labute approximate surface area is 87.1 Å². The Hall–Kier alpha value is -2.15. The van der Waals surface area contributed by atoms with Gasteiger partial charge in [-0.3, -0.25) is 4.79 Å². The first-order chi connectivity index (χ1) is 7.19. The van der Waals surface area contributed by atoms with Crippen molar-refractivity contribution in [3.63, 3.8) is 0 Å². The number of nitrogens with zero attached hydrogens (tertiary/aromatic N) is 1. The van der Waals surface area contributed by atoms with Crippen molar-refractivity contribution in [2.75, 3.05) is 6.61 Å². The number of carbonyl (C=O) groups excluding carboxylic acids is 2. The summed E-state index contributed by atoms with van der Waals surface area (Å²) < 4.78 is 4.56. The number of ether oxygens (including phenoxy) is 1. The Balaban J connectivity index is 2.92. The Morgan fingerprint density at radius 1 is 1.47 bits per heavy atom. The molecule has 0 fully saturated rings. The van der Waals surface area contributed by atoms with Gasteiger partial charge in [0.1, 0.15) is 0 Å². The van der Waals surface area contributed by atoms with Gasteiger partial charge in [-0.1, -0.05) is 12.1 Å². The second-order valence-corrected chi connectivity index (χ2v) is 2.74. The Kier molecular flexibility index (Phi) is 3.58. The van der Waals surface area contributed by atoms with Crippen molar-refractivity contribution in [1.82, 2.24) is 0 Å². The van der Waals surface area contributed by atoms with E-state index >= 15 is 0 Å². The number of rotatable bonds is 3. The molecule has 4 heteroatoms. The van der Waals surface area contributed by atoms with Crippen LogP contribution in [0.3, 0.4) is 0 Å². The summed E-state index contributed by atoms with van der Waals surface area (Å²) in [5, 5.41) is 8.61. The maximum Gasteiger partial charge on any atom is 0.379 e. The molecule has 0 saturated carbocycles. The molecule has 0 aliphatic rings. The number of esters is 1. The van der Waals surface area contributed by atoms with Gasteiger partial charge in [0.15, 0.2) is 0 Å². The molecule has 0 aliphatic carbocycles. The zero-order chi connectivity index (χ0) is 11.3. The van der Waals surface area contributed by atoms with Gasteiger partial charge >= 0.3 is 5.97 Å². The van der Waals surface area contributed by atoms with E-state index < -0.39 is 11.8 Å². The highest BCUT2D eigenvalue weighted by Crippen LogP contribution is 2.05. The number of ketones is 1. The molecular formula is C11H9NO3. The molecule has 0 amide bonds. The molecule has 0 spiro atoms. The maximum atomic E-state index is 11.4. The number of nitriles is 1. The lowest BCUT2D eigenvalue weighted by Crippen LogP contribution is -2.17. The summed E-state index contributed by atoms with van der Waals surface area (Å²) in [4.78, 5) is 22.5. The predicted octanol–water partition coefficient (Wildman–Crippen LogP) is 1.30. The van der Waals surface area contributed by atoms with Gasteiger partial charge in [0, 0.05) is 5.56 Å². The fraction of sp³-hybridized carbons (Fsp3) is 0.182. The standard InChI is InChI=1S/C11H9NO3/c1-2-15-11(14)10(13)9-5-3-4-8(6-9)7-12/h3-6H,2H2,1H3. The van der Waals surface area contributed by atoms with E-state index in [1.165, 1.54) is 12.1 Å². The molecule has 0 saturated heterocycles. The van der Waals surface area contributed by atoms with Crippen molar-refractivity contribution < 1.29 is 14.3 Å². The summed E-state index contributed by atoms with van der Waals surface area (Å²) in [7, 11) is 0. The fourth-order valence-corrected chi connectivity index (χ4v) is 1.04. The Morgan fingerprint density at radius 2 is 2.20 bits per heavy atom. The molecular weight excluding hydrogens is 194 g/mol. The summed E-state index contributed by atoms with van der Waals surface area (Å²) in [6.45, 7) is 1.78. The van der Waals surface area contributed by atoms with E-state index in [1.54, 1.807) is 19.1 Å². The van der Waals surface area contributed by atoms with Crippen molar-refractivity contribution in [2.45, 2.75) is 6.92 Å². The van der Waals surface area contributed by atoms with Crippen LogP contribution in [0.15, 0.2) is 24.3 Å². The van der Waals surface area contributed by atoms with E-state index in [9.17, 15) is 9.59 Å². The summed E-state index contributed by atoms with van der Waals surface area (Å²) in [6, 6.07) is 7.83. The highest BCUT2D eigenvalue weighted by atomic mass is 16.5. The third-order valence-electron chi connectivity index (χ3n) is 1.71. The molecule has 0 N–H and O–H groups in total. The first-order valence-electron chi connectivity index (χ1n) is 4.40. The molecule has 0 unspecified atom stereocenters. The molecule has 0 heterocycles. The topological polar surface area (TPSA) is 67.2 Å². The van der Waals surface area contributed by atoms with Gasteiger partial charge in [-0.15, -0.1) is 0 Å². The summed E-state index contributed by atoms with van der Waals surface area (Å²) in [6.07, 6.45) is 0. The average Bonchev–Trinajstić information content (AvgIpc) is 2.28. The molecule has 1 aromatic rings. The summed E-state index contributed by atoms with van der Waals surface area (Å²) in [5.74, 6) is -1.62. The predicted molar refractivity (Wildman–Crippen MR) is 52.1 cm³/mol. The van der Waals surface area contributed by atoms with Gasteiger partial charge in [-0.2, -0.15) is 5.26 Å². The van der Waals surface area contributed by atoms with Crippen LogP contribution in [0.2, 0.25) is 0 Å². The van der Waals surface area contributed by atoms with Crippen molar-refractivity contribution >= 4 is 11.8 Å². The van der Waals surface area contributed by atoms with E-state index in [1.807, 2.05) is 6.07 Å². The summed E-state index contributed by atoms with van der Waals surface area (Å²) in [5.41, 5.74) is 0.512. The third kappa shape index (κ3) is 2.64.